The van der Waals surface area contributed by atoms with Crippen molar-refractivity contribution in [2.24, 2.45) is 11.3 Å². The number of methoxy groups -OCH3 is 1. The molecule has 1 aromatic carbocycles. The number of benzene rings is 1. The number of aliphatic hydroxyl groups excluding tert-OH is 1. The quantitative estimate of drug-likeness (QED) is 0.720. The average Bonchev–Trinajstić information content (AvgIpc) is 2.70. The predicted molar refractivity (Wildman–Crippen MR) is 114 cm³/mol. The standard InChI is InChI=1S/C23H29NO6/c1-13(2)17-6-14-7-21(30-12-23(3,4)11-25)20(29-5)8-15(14)18-9-19(26)16(22(27)28)10-24(17)18/h7-10,13,17,25H,6,11-12H2,1-5H3,(H,27,28)/t17-/m1/s1. The molecule has 2 N–H and O–H groups in total. The van der Waals surface area contributed by atoms with E-state index in [0.717, 1.165) is 11.1 Å². The Kier molecular flexibility index (Phi) is 5.94. The van der Waals surface area contributed by atoms with Crippen molar-refractivity contribution in [1.82, 2.24) is 4.57 Å². The Balaban J connectivity index is 2.15. The molecule has 7 nitrogen and oxygen atoms in total. The van der Waals surface area contributed by atoms with Crippen molar-refractivity contribution in [3.8, 4) is 22.8 Å². The van der Waals surface area contributed by atoms with Gasteiger partial charge < -0.3 is 24.3 Å². The zero-order valence-electron chi connectivity index (χ0n) is 18.1. The van der Waals surface area contributed by atoms with Crippen molar-refractivity contribution in [2.75, 3.05) is 20.3 Å². The van der Waals surface area contributed by atoms with E-state index in [4.69, 9.17) is 9.47 Å². The maximum absolute atomic E-state index is 12.4. The average molecular weight is 415 g/mol. The number of fused-ring (bicyclic) bond motifs is 3. The van der Waals surface area contributed by atoms with Crippen molar-refractivity contribution in [3.05, 3.63) is 45.7 Å². The highest BCUT2D eigenvalue weighted by Crippen LogP contribution is 2.43. The number of aliphatic hydroxyl groups is 1. The number of nitrogens with zero attached hydrogens (tertiary/aromatic N) is 1. The first kappa shape index (κ1) is 21.9. The number of rotatable bonds is 7. The molecule has 0 radical (unpaired) electrons. The molecule has 0 spiro atoms. The van der Waals surface area contributed by atoms with Crippen LogP contribution in [-0.4, -0.2) is 41.1 Å². The summed E-state index contributed by atoms with van der Waals surface area (Å²) in [6, 6.07) is 5.15. The number of aromatic carboxylic acids is 1. The number of hydrogen-bond acceptors (Lipinski definition) is 5. The first-order valence-corrected chi connectivity index (χ1v) is 10.0. The van der Waals surface area contributed by atoms with Crippen LogP contribution < -0.4 is 14.9 Å². The summed E-state index contributed by atoms with van der Waals surface area (Å²) in [5.41, 5.74) is 1.36. The van der Waals surface area contributed by atoms with Gasteiger partial charge in [0.05, 0.1) is 26.0 Å². The number of carboxylic acid groups (broad SMARTS) is 1. The Morgan fingerprint density at radius 1 is 1.27 bits per heavy atom. The summed E-state index contributed by atoms with van der Waals surface area (Å²) in [5, 5.41) is 18.9. The van der Waals surface area contributed by atoms with E-state index < -0.39 is 16.8 Å². The molecule has 1 aliphatic rings. The fraction of sp³-hybridized carbons (Fsp3) is 0.478. The topological polar surface area (TPSA) is 98.0 Å². The highest BCUT2D eigenvalue weighted by atomic mass is 16.5. The van der Waals surface area contributed by atoms with Gasteiger partial charge in [-0.25, -0.2) is 4.79 Å². The molecule has 0 saturated heterocycles. The third kappa shape index (κ3) is 4.07. The summed E-state index contributed by atoms with van der Waals surface area (Å²) in [7, 11) is 1.55. The van der Waals surface area contributed by atoms with Gasteiger partial charge >= 0.3 is 5.97 Å². The molecule has 162 valence electrons. The lowest BCUT2D eigenvalue weighted by molar-refractivity contribution is 0.0694. The molecule has 7 heteroatoms. The fourth-order valence-corrected chi connectivity index (χ4v) is 3.68. The Morgan fingerprint density at radius 2 is 1.97 bits per heavy atom. The molecular weight excluding hydrogens is 386 g/mol. The van der Waals surface area contributed by atoms with Crippen molar-refractivity contribution < 1.29 is 24.5 Å². The molecule has 0 amide bonds. The van der Waals surface area contributed by atoms with Crippen LogP contribution in [0.5, 0.6) is 11.5 Å². The molecule has 0 unspecified atom stereocenters. The third-order valence-electron chi connectivity index (χ3n) is 5.58. The summed E-state index contributed by atoms with van der Waals surface area (Å²) < 4.78 is 13.4. The summed E-state index contributed by atoms with van der Waals surface area (Å²) in [5.74, 6) is 0.0994. The molecule has 1 atom stereocenters. The van der Waals surface area contributed by atoms with Gasteiger partial charge in [0, 0.05) is 29.3 Å². The largest absolute Gasteiger partial charge is 0.493 e. The molecule has 0 bridgehead atoms. The molecule has 0 fully saturated rings. The summed E-state index contributed by atoms with van der Waals surface area (Å²) in [6.07, 6.45) is 2.12. The van der Waals surface area contributed by atoms with Crippen molar-refractivity contribution in [2.45, 2.75) is 40.2 Å². The molecule has 0 saturated carbocycles. The van der Waals surface area contributed by atoms with Gasteiger partial charge in [0.2, 0.25) is 0 Å². The van der Waals surface area contributed by atoms with Gasteiger partial charge in [0.15, 0.2) is 16.9 Å². The van der Waals surface area contributed by atoms with E-state index in [9.17, 15) is 19.8 Å². The van der Waals surface area contributed by atoms with E-state index >= 15 is 0 Å². The van der Waals surface area contributed by atoms with Gasteiger partial charge in [-0.05, 0) is 30.0 Å². The Hall–Kier alpha value is -2.80. The zero-order valence-corrected chi connectivity index (χ0v) is 18.1. The number of hydrogen-bond donors (Lipinski definition) is 2. The summed E-state index contributed by atoms with van der Waals surface area (Å²) >= 11 is 0. The van der Waals surface area contributed by atoms with E-state index in [1.807, 2.05) is 30.5 Å². The zero-order chi connectivity index (χ0) is 22.2. The molecule has 2 aromatic rings. The number of ether oxygens (including phenoxy) is 2. The number of aromatic nitrogens is 1. The van der Waals surface area contributed by atoms with Crippen LogP contribution in [0.4, 0.5) is 0 Å². The minimum absolute atomic E-state index is 0.00123. The van der Waals surface area contributed by atoms with Crippen LogP contribution in [0, 0.1) is 11.3 Å². The fourth-order valence-electron chi connectivity index (χ4n) is 3.68. The molecule has 3 rings (SSSR count). The lowest BCUT2D eigenvalue weighted by atomic mass is 9.87. The van der Waals surface area contributed by atoms with Gasteiger partial charge in [0.25, 0.3) is 0 Å². The second-order valence-electron chi connectivity index (χ2n) is 8.94. The Bertz CT molecular complexity index is 1020. The maximum Gasteiger partial charge on any atom is 0.341 e. The van der Waals surface area contributed by atoms with Gasteiger partial charge in [-0.15, -0.1) is 0 Å². The van der Waals surface area contributed by atoms with E-state index in [2.05, 4.69) is 13.8 Å². The number of pyridine rings is 1. The monoisotopic (exact) mass is 415 g/mol. The summed E-state index contributed by atoms with van der Waals surface area (Å²) in [6.45, 7) is 8.29. The Labute approximate surface area is 175 Å². The first-order chi connectivity index (χ1) is 14.1. The summed E-state index contributed by atoms with van der Waals surface area (Å²) in [4.78, 5) is 23.9. The molecule has 1 aromatic heterocycles. The van der Waals surface area contributed by atoms with E-state index in [-0.39, 0.29) is 24.1 Å². The highest BCUT2D eigenvalue weighted by molar-refractivity contribution is 5.87. The second-order valence-corrected chi connectivity index (χ2v) is 8.94. The van der Waals surface area contributed by atoms with Gasteiger partial charge in [-0.1, -0.05) is 27.7 Å². The van der Waals surface area contributed by atoms with Crippen LogP contribution in [0.15, 0.2) is 29.2 Å². The van der Waals surface area contributed by atoms with E-state index in [1.165, 1.54) is 12.3 Å². The van der Waals surface area contributed by atoms with Crippen LogP contribution in [0.25, 0.3) is 11.3 Å². The molecule has 1 aliphatic heterocycles. The molecular formula is C23H29NO6. The van der Waals surface area contributed by atoms with E-state index in [1.54, 1.807) is 7.11 Å². The van der Waals surface area contributed by atoms with Gasteiger partial charge in [0.1, 0.15) is 5.56 Å². The lowest BCUT2D eigenvalue weighted by Gasteiger charge is -2.34. The number of carbonyl (C=O) groups is 1. The first-order valence-electron chi connectivity index (χ1n) is 10.0. The van der Waals surface area contributed by atoms with Gasteiger partial charge in [-0.3, -0.25) is 4.79 Å². The third-order valence-corrected chi connectivity index (χ3v) is 5.58. The minimum atomic E-state index is -1.23. The van der Waals surface area contributed by atoms with Gasteiger partial charge in [-0.2, -0.15) is 0 Å². The SMILES string of the molecule is COc1cc2c(cc1OCC(C)(C)CO)C[C@H](C(C)C)n1cc(C(=O)O)c(=O)cc1-2. The normalized spacial score (nSPS) is 15.5. The van der Waals surface area contributed by atoms with Crippen molar-refractivity contribution in [3.63, 3.8) is 0 Å². The second kappa shape index (κ2) is 8.14. The Morgan fingerprint density at radius 3 is 2.53 bits per heavy atom. The van der Waals surface area contributed by atoms with Crippen LogP contribution >= 0.6 is 0 Å². The van der Waals surface area contributed by atoms with Crippen LogP contribution in [0.2, 0.25) is 0 Å². The predicted octanol–water partition coefficient (Wildman–Crippen LogP) is 3.37. The maximum atomic E-state index is 12.4. The smallest absolute Gasteiger partial charge is 0.341 e. The number of carboxylic acids is 1. The van der Waals surface area contributed by atoms with Crippen LogP contribution in [0.1, 0.15) is 49.7 Å². The molecule has 30 heavy (non-hydrogen) atoms. The lowest BCUT2D eigenvalue weighted by Crippen LogP contribution is -2.28. The van der Waals surface area contributed by atoms with E-state index in [0.29, 0.717) is 30.2 Å². The minimum Gasteiger partial charge on any atom is -0.493 e. The van der Waals surface area contributed by atoms with Crippen LogP contribution in [-0.2, 0) is 6.42 Å². The highest BCUT2D eigenvalue weighted by Gasteiger charge is 2.29. The van der Waals surface area contributed by atoms with Crippen molar-refractivity contribution in [1.29, 1.82) is 0 Å². The van der Waals surface area contributed by atoms with Crippen LogP contribution in [0.3, 0.4) is 0 Å². The molecule has 0 aliphatic carbocycles. The van der Waals surface area contributed by atoms with Crippen molar-refractivity contribution >= 4 is 5.97 Å². The molecule has 2 heterocycles.